The Kier molecular flexibility index (Phi) is 5.87. The molecule has 94 valence electrons. The van der Waals surface area contributed by atoms with Crippen molar-refractivity contribution in [3.63, 3.8) is 0 Å². The maximum Gasteiger partial charge on any atom is 0.251 e. The second kappa shape index (κ2) is 6.93. The van der Waals surface area contributed by atoms with Gasteiger partial charge in [-0.2, -0.15) is 0 Å². The van der Waals surface area contributed by atoms with Crippen LogP contribution in [0.25, 0.3) is 0 Å². The molecule has 0 saturated heterocycles. The van der Waals surface area contributed by atoms with Crippen molar-refractivity contribution in [1.82, 2.24) is 5.32 Å². The van der Waals surface area contributed by atoms with Gasteiger partial charge in [-0.05, 0) is 53.3 Å². The summed E-state index contributed by atoms with van der Waals surface area (Å²) in [6, 6.07) is 5.60. The van der Waals surface area contributed by atoms with Crippen molar-refractivity contribution in [2.45, 2.75) is 13.2 Å². The summed E-state index contributed by atoms with van der Waals surface area (Å²) in [6.45, 7) is 2.31. The molecule has 0 radical (unpaired) electrons. The average molecular weight is 349 g/mol. The van der Waals surface area contributed by atoms with Crippen LogP contribution in [-0.2, 0) is 9.47 Å². The molecule has 0 saturated carbocycles. The van der Waals surface area contributed by atoms with Crippen molar-refractivity contribution < 1.29 is 14.3 Å². The molecular weight excluding hydrogens is 333 g/mol. The molecule has 1 aromatic rings. The van der Waals surface area contributed by atoms with E-state index in [4.69, 9.17) is 9.47 Å². The number of carbonyl (C=O) groups excluding carboxylic acids is 1. The summed E-state index contributed by atoms with van der Waals surface area (Å²) in [5.74, 6) is -0.122. The van der Waals surface area contributed by atoms with E-state index in [9.17, 15) is 4.79 Å². The Labute approximate surface area is 115 Å². The summed E-state index contributed by atoms with van der Waals surface area (Å²) in [4.78, 5) is 11.8. The summed E-state index contributed by atoms with van der Waals surface area (Å²) in [5.41, 5.74) is 1.74. The van der Waals surface area contributed by atoms with E-state index in [0.29, 0.717) is 12.1 Å². The molecule has 1 rings (SSSR count). The Hall–Kier alpha value is -0.660. The van der Waals surface area contributed by atoms with Crippen LogP contribution >= 0.6 is 22.6 Å². The smallest absolute Gasteiger partial charge is 0.251 e. The Morgan fingerprint density at radius 2 is 2.06 bits per heavy atom. The molecular formula is C12H16INO3. The molecule has 0 bridgehead atoms. The van der Waals surface area contributed by atoms with Gasteiger partial charge in [-0.25, -0.2) is 0 Å². The number of ether oxygens (including phenoxy) is 2. The normalized spacial score (nSPS) is 10.6. The lowest BCUT2D eigenvalue weighted by Crippen LogP contribution is -2.34. The number of amides is 1. The van der Waals surface area contributed by atoms with Gasteiger partial charge in [-0.15, -0.1) is 0 Å². The van der Waals surface area contributed by atoms with Gasteiger partial charge in [0.25, 0.3) is 5.91 Å². The van der Waals surface area contributed by atoms with E-state index >= 15 is 0 Å². The van der Waals surface area contributed by atoms with E-state index in [2.05, 4.69) is 27.9 Å². The van der Waals surface area contributed by atoms with E-state index < -0.39 is 6.29 Å². The van der Waals surface area contributed by atoms with Crippen LogP contribution in [0, 0.1) is 10.5 Å². The van der Waals surface area contributed by atoms with E-state index in [1.165, 1.54) is 14.2 Å². The lowest BCUT2D eigenvalue weighted by Gasteiger charge is -2.14. The van der Waals surface area contributed by atoms with Gasteiger partial charge in [-0.1, -0.05) is 0 Å². The van der Waals surface area contributed by atoms with Crippen LogP contribution < -0.4 is 5.32 Å². The Balaban J connectivity index is 2.61. The molecule has 0 unspecified atom stereocenters. The van der Waals surface area contributed by atoms with Crippen LogP contribution in [0.3, 0.4) is 0 Å². The van der Waals surface area contributed by atoms with Gasteiger partial charge in [0.15, 0.2) is 6.29 Å². The molecule has 17 heavy (non-hydrogen) atoms. The van der Waals surface area contributed by atoms with Crippen LogP contribution in [0.15, 0.2) is 18.2 Å². The van der Waals surface area contributed by atoms with Crippen molar-refractivity contribution in [3.8, 4) is 0 Å². The Morgan fingerprint density at radius 1 is 1.41 bits per heavy atom. The quantitative estimate of drug-likeness (QED) is 0.653. The highest BCUT2D eigenvalue weighted by Crippen LogP contribution is 2.13. The number of nitrogens with one attached hydrogen (secondary N) is 1. The third kappa shape index (κ3) is 4.25. The summed E-state index contributed by atoms with van der Waals surface area (Å²) in [6.07, 6.45) is -0.413. The van der Waals surface area contributed by atoms with Gasteiger partial charge in [-0.3, -0.25) is 4.79 Å². The molecule has 0 heterocycles. The van der Waals surface area contributed by atoms with Gasteiger partial charge in [0, 0.05) is 23.4 Å². The predicted molar refractivity (Wildman–Crippen MR) is 74.0 cm³/mol. The summed E-state index contributed by atoms with van der Waals surface area (Å²) < 4.78 is 11.1. The minimum atomic E-state index is -0.413. The van der Waals surface area contributed by atoms with Crippen molar-refractivity contribution in [2.24, 2.45) is 0 Å². The van der Waals surface area contributed by atoms with Gasteiger partial charge in [0.05, 0.1) is 6.54 Å². The molecule has 0 aliphatic heterocycles. The molecule has 5 heteroatoms. The van der Waals surface area contributed by atoms with Gasteiger partial charge in [0.2, 0.25) is 0 Å². The van der Waals surface area contributed by atoms with Gasteiger partial charge in [0.1, 0.15) is 0 Å². The molecule has 0 spiro atoms. The predicted octanol–water partition coefficient (Wildman–Crippen LogP) is 1.95. The Bertz CT molecular complexity index is 391. The molecule has 0 fully saturated rings. The maximum absolute atomic E-state index is 11.8. The van der Waals surface area contributed by atoms with Gasteiger partial charge < -0.3 is 14.8 Å². The second-order valence-corrected chi connectivity index (χ2v) is 4.74. The van der Waals surface area contributed by atoms with Crippen LogP contribution in [0.1, 0.15) is 15.9 Å². The first-order chi connectivity index (χ1) is 8.08. The highest BCUT2D eigenvalue weighted by atomic mass is 127. The molecule has 1 amide bonds. The molecule has 1 N–H and O–H groups in total. The fraction of sp³-hybridized carbons (Fsp3) is 0.417. The minimum Gasteiger partial charge on any atom is -0.354 e. The molecule has 4 nitrogen and oxygen atoms in total. The van der Waals surface area contributed by atoms with Gasteiger partial charge >= 0.3 is 0 Å². The van der Waals surface area contributed by atoms with Crippen LogP contribution in [0.4, 0.5) is 0 Å². The summed E-state index contributed by atoms with van der Waals surface area (Å²) >= 11 is 2.24. The maximum atomic E-state index is 11.8. The van der Waals surface area contributed by atoms with Crippen LogP contribution in [0.2, 0.25) is 0 Å². The first-order valence-corrected chi connectivity index (χ1v) is 6.26. The van der Waals surface area contributed by atoms with E-state index in [0.717, 1.165) is 9.13 Å². The SMILES string of the molecule is COC(CNC(=O)c1ccc(I)c(C)c1)OC. The lowest BCUT2D eigenvalue weighted by atomic mass is 10.1. The first kappa shape index (κ1) is 14.4. The monoisotopic (exact) mass is 349 g/mol. The fourth-order valence-corrected chi connectivity index (χ4v) is 1.66. The largest absolute Gasteiger partial charge is 0.354 e. The fourth-order valence-electron chi connectivity index (χ4n) is 1.33. The standard InChI is InChI=1S/C12H16INO3/c1-8-6-9(4-5-10(8)13)12(15)14-7-11(16-2)17-3/h4-6,11H,7H2,1-3H3,(H,14,15). The third-order valence-corrected chi connectivity index (χ3v) is 3.59. The van der Waals surface area contributed by atoms with Crippen molar-refractivity contribution >= 4 is 28.5 Å². The second-order valence-electron chi connectivity index (χ2n) is 3.57. The zero-order chi connectivity index (χ0) is 12.8. The van der Waals surface area contributed by atoms with Crippen molar-refractivity contribution in [1.29, 1.82) is 0 Å². The number of aryl methyl sites for hydroxylation is 1. The number of hydrogen-bond donors (Lipinski definition) is 1. The Morgan fingerprint density at radius 3 is 2.59 bits per heavy atom. The number of benzene rings is 1. The topological polar surface area (TPSA) is 47.6 Å². The van der Waals surface area contributed by atoms with E-state index in [-0.39, 0.29) is 5.91 Å². The minimum absolute atomic E-state index is 0.122. The highest BCUT2D eigenvalue weighted by molar-refractivity contribution is 14.1. The third-order valence-electron chi connectivity index (χ3n) is 2.38. The number of halogens is 1. The van der Waals surface area contributed by atoms with Crippen molar-refractivity contribution in [3.05, 3.63) is 32.9 Å². The molecule has 0 aromatic heterocycles. The number of hydrogen-bond acceptors (Lipinski definition) is 3. The number of rotatable bonds is 5. The number of carbonyl (C=O) groups is 1. The zero-order valence-electron chi connectivity index (χ0n) is 10.1. The van der Waals surface area contributed by atoms with Crippen molar-refractivity contribution in [2.75, 3.05) is 20.8 Å². The number of methoxy groups -OCH3 is 2. The molecule has 0 aliphatic carbocycles. The molecule has 1 aromatic carbocycles. The summed E-state index contributed by atoms with van der Waals surface area (Å²) in [7, 11) is 3.07. The van der Waals surface area contributed by atoms with E-state index in [1.54, 1.807) is 6.07 Å². The van der Waals surface area contributed by atoms with Crippen LogP contribution in [-0.4, -0.2) is 33.0 Å². The van der Waals surface area contributed by atoms with Crippen LogP contribution in [0.5, 0.6) is 0 Å². The lowest BCUT2D eigenvalue weighted by molar-refractivity contribution is -0.0974. The first-order valence-electron chi connectivity index (χ1n) is 5.18. The zero-order valence-corrected chi connectivity index (χ0v) is 12.3. The average Bonchev–Trinajstić information content (AvgIpc) is 2.33. The molecule has 0 aliphatic rings. The highest BCUT2D eigenvalue weighted by Gasteiger charge is 2.10. The summed E-state index contributed by atoms with van der Waals surface area (Å²) in [5, 5.41) is 2.76. The molecule has 0 atom stereocenters. The van der Waals surface area contributed by atoms with E-state index in [1.807, 2.05) is 19.1 Å².